The molecule has 6 nitrogen and oxygen atoms in total. The van der Waals surface area contributed by atoms with Crippen molar-refractivity contribution in [3.8, 4) is 0 Å². The predicted molar refractivity (Wildman–Crippen MR) is 73.5 cm³/mol. The molecule has 23 heavy (non-hydrogen) atoms. The van der Waals surface area contributed by atoms with Crippen LogP contribution in [0.3, 0.4) is 0 Å². The van der Waals surface area contributed by atoms with Gasteiger partial charge in [0.1, 0.15) is 0 Å². The van der Waals surface area contributed by atoms with Gasteiger partial charge in [0.2, 0.25) is 0 Å². The molecule has 2 N–H and O–H groups in total. The monoisotopic (exact) mass is 332 g/mol. The number of amides is 3. The van der Waals surface area contributed by atoms with Crippen LogP contribution in [0.1, 0.15) is 29.8 Å². The molecule has 0 aromatic heterocycles. The van der Waals surface area contributed by atoms with E-state index in [2.05, 4.69) is 5.32 Å². The van der Waals surface area contributed by atoms with Crippen LogP contribution in [0.15, 0.2) is 24.3 Å². The fourth-order valence-corrected chi connectivity index (χ4v) is 1.52. The summed E-state index contributed by atoms with van der Waals surface area (Å²) >= 11 is 0. The molecule has 0 aliphatic rings. The molecule has 9 heteroatoms. The van der Waals surface area contributed by atoms with Gasteiger partial charge in [0.15, 0.2) is 6.10 Å². The highest BCUT2D eigenvalue weighted by atomic mass is 19.4. The van der Waals surface area contributed by atoms with Crippen LogP contribution in [0.4, 0.5) is 18.0 Å². The minimum absolute atomic E-state index is 0.289. The SMILES string of the molecule is CCNC(=O)NC(=O)C(C)OC(=O)c1cccc(C(F)(F)F)c1. The van der Waals surface area contributed by atoms with Gasteiger partial charge in [-0.15, -0.1) is 0 Å². The summed E-state index contributed by atoms with van der Waals surface area (Å²) in [7, 11) is 0. The van der Waals surface area contributed by atoms with E-state index < -0.39 is 35.8 Å². The normalized spacial score (nSPS) is 12.2. The number of alkyl halides is 3. The molecule has 1 rings (SSSR count). The molecule has 0 heterocycles. The number of carbonyl (C=O) groups is 3. The van der Waals surface area contributed by atoms with Crippen LogP contribution in [-0.4, -0.2) is 30.6 Å². The molecule has 0 saturated heterocycles. The van der Waals surface area contributed by atoms with E-state index in [4.69, 9.17) is 4.74 Å². The van der Waals surface area contributed by atoms with E-state index in [-0.39, 0.29) is 12.1 Å². The Balaban J connectivity index is 2.72. The minimum atomic E-state index is -4.60. The number of esters is 1. The number of urea groups is 1. The maximum absolute atomic E-state index is 12.6. The van der Waals surface area contributed by atoms with Crippen molar-refractivity contribution in [2.75, 3.05) is 6.54 Å². The van der Waals surface area contributed by atoms with Gasteiger partial charge in [-0.2, -0.15) is 13.2 Å². The molecule has 1 atom stereocenters. The maximum atomic E-state index is 12.6. The number of benzene rings is 1. The zero-order chi connectivity index (χ0) is 17.6. The average molecular weight is 332 g/mol. The average Bonchev–Trinajstić information content (AvgIpc) is 2.46. The molecule has 0 aliphatic carbocycles. The lowest BCUT2D eigenvalue weighted by Crippen LogP contribution is -2.44. The Hall–Kier alpha value is -2.58. The van der Waals surface area contributed by atoms with Gasteiger partial charge in [0.05, 0.1) is 11.1 Å². The minimum Gasteiger partial charge on any atom is -0.449 e. The first-order valence-corrected chi connectivity index (χ1v) is 6.62. The third kappa shape index (κ3) is 5.61. The molecule has 126 valence electrons. The highest BCUT2D eigenvalue weighted by Crippen LogP contribution is 2.29. The van der Waals surface area contributed by atoms with E-state index in [1.54, 1.807) is 6.92 Å². The summed E-state index contributed by atoms with van der Waals surface area (Å²) < 4.78 is 42.5. The van der Waals surface area contributed by atoms with Crippen molar-refractivity contribution in [3.05, 3.63) is 35.4 Å². The first-order chi connectivity index (χ1) is 10.6. The lowest BCUT2D eigenvalue weighted by atomic mass is 10.1. The van der Waals surface area contributed by atoms with Crippen LogP contribution in [0.5, 0.6) is 0 Å². The summed E-state index contributed by atoms with van der Waals surface area (Å²) in [6.07, 6.45) is -5.95. The second-order valence-corrected chi connectivity index (χ2v) is 4.47. The molecule has 0 saturated carbocycles. The van der Waals surface area contributed by atoms with Crippen LogP contribution in [0, 0.1) is 0 Å². The van der Waals surface area contributed by atoms with E-state index in [0.29, 0.717) is 6.07 Å². The standard InChI is InChI=1S/C14H15F3N2O4/c1-3-18-13(22)19-11(20)8(2)23-12(21)9-5-4-6-10(7-9)14(15,16)17/h4-8H,3H2,1-2H3,(H2,18,19,20,22). The summed E-state index contributed by atoms with van der Waals surface area (Å²) in [6.45, 7) is 3.12. The van der Waals surface area contributed by atoms with Gasteiger partial charge in [-0.25, -0.2) is 9.59 Å². The van der Waals surface area contributed by atoms with Gasteiger partial charge >= 0.3 is 18.2 Å². The number of carbonyl (C=O) groups excluding carboxylic acids is 3. The first kappa shape index (κ1) is 18.5. The summed E-state index contributed by atoms with van der Waals surface area (Å²) in [5, 5.41) is 4.23. The number of halogens is 3. The number of hydrogen-bond donors (Lipinski definition) is 2. The van der Waals surface area contributed by atoms with Crippen LogP contribution in [-0.2, 0) is 15.7 Å². The van der Waals surface area contributed by atoms with Gasteiger partial charge in [-0.1, -0.05) is 6.07 Å². The van der Waals surface area contributed by atoms with E-state index in [1.807, 2.05) is 5.32 Å². The fraction of sp³-hybridized carbons (Fsp3) is 0.357. The van der Waals surface area contributed by atoms with Crippen LogP contribution in [0.2, 0.25) is 0 Å². The molecule has 0 bridgehead atoms. The molecule has 1 aromatic rings. The highest BCUT2D eigenvalue weighted by Gasteiger charge is 2.31. The maximum Gasteiger partial charge on any atom is 0.416 e. The summed E-state index contributed by atoms with van der Waals surface area (Å²) in [5.74, 6) is -1.99. The third-order valence-electron chi connectivity index (χ3n) is 2.65. The van der Waals surface area contributed by atoms with E-state index in [0.717, 1.165) is 18.2 Å². The first-order valence-electron chi connectivity index (χ1n) is 6.62. The quantitative estimate of drug-likeness (QED) is 0.827. The van der Waals surface area contributed by atoms with Crippen LogP contribution < -0.4 is 10.6 Å². The fourth-order valence-electron chi connectivity index (χ4n) is 1.52. The lowest BCUT2D eigenvalue weighted by molar-refractivity contribution is -0.137. The second-order valence-electron chi connectivity index (χ2n) is 4.47. The Kier molecular flexibility index (Phi) is 6.11. The molecular weight excluding hydrogens is 317 g/mol. The molecular formula is C14H15F3N2O4. The molecule has 0 fully saturated rings. The highest BCUT2D eigenvalue weighted by molar-refractivity contribution is 5.98. The van der Waals surface area contributed by atoms with Crippen molar-refractivity contribution < 1.29 is 32.3 Å². The zero-order valence-electron chi connectivity index (χ0n) is 12.4. The second kappa shape index (κ2) is 7.61. The number of ether oxygens (including phenoxy) is 1. The topological polar surface area (TPSA) is 84.5 Å². The number of imide groups is 1. The summed E-state index contributed by atoms with van der Waals surface area (Å²) in [4.78, 5) is 34.5. The molecule has 0 spiro atoms. The predicted octanol–water partition coefficient (Wildman–Crippen LogP) is 2.10. The van der Waals surface area contributed by atoms with Crippen molar-refractivity contribution in [1.29, 1.82) is 0 Å². The Morgan fingerprint density at radius 2 is 1.91 bits per heavy atom. The third-order valence-corrected chi connectivity index (χ3v) is 2.65. The van der Waals surface area contributed by atoms with Crippen LogP contribution >= 0.6 is 0 Å². The van der Waals surface area contributed by atoms with Crippen molar-refractivity contribution in [2.45, 2.75) is 26.1 Å². The van der Waals surface area contributed by atoms with E-state index in [1.165, 1.54) is 6.92 Å². The Morgan fingerprint density at radius 3 is 2.48 bits per heavy atom. The van der Waals surface area contributed by atoms with Gasteiger partial charge in [0.25, 0.3) is 5.91 Å². The summed E-state index contributed by atoms with van der Waals surface area (Å²) in [5.41, 5.74) is -1.36. The number of nitrogens with one attached hydrogen (secondary N) is 2. The smallest absolute Gasteiger partial charge is 0.416 e. The van der Waals surface area contributed by atoms with Crippen molar-refractivity contribution in [2.24, 2.45) is 0 Å². The summed E-state index contributed by atoms with van der Waals surface area (Å²) in [6, 6.07) is 2.85. The van der Waals surface area contributed by atoms with Crippen molar-refractivity contribution in [3.63, 3.8) is 0 Å². The Morgan fingerprint density at radius 1 is 1.26 bits per heavy atom. The van der Waals surface area contributed by atoms with Crippen molar-refractivity contribution in [1.82, 2.24) is 10.6 Å². The van der Waals surface area contributed by atoms with Crippen LogP contribution in [0.25, 0.3) is 0 Å². The molecule has 1 unspecified atom stereocenters. The molecule has 0 radical (unpaired) electrons. The number of rotatable bonds is 4. The van der Waals surface area contributed by atoms with Gasteiger partial charge in [-0.3, -0.25) is 10.1 Å². The molecule has 3 amide bonds. The van der Waals surface area contributed by atoms with Gasteiger partial charge in [-0.05, 0) is 32.0 Å². The van der Waals surface area contributed by atoms with E-state index in [9.17, 15) is 27.6 Å². The molecule has 0 aliphatic heterocycles. The van der Waals surface area contributed by atoms with E-state index >= 15 is 0 Å². The van der Waals surface area contributed by atoms with Gasteiger partial charge in [0, 0.05) is 6.54 Å². The lowest BCUT2D eigenvalue weighted by Gasteiger charge is -2.14. The van der Waals surface area contributed by atoms with Gasteiger partial charge < -0.3 is 10.1 Å². The Labute approximate surface area is 130 Å². The largest absolute Gasteiger partial charge is 0.449 e. The molecule has 1 aromatic carbocycles. The number of hydrogen-bond acceptors (Lipinski definition) is 4. The zero-order valence-corrected chi connectivity index (χ0v) is 12.4. The Bertz CT molecular complexity index is 602. The van der Waals surface area contributed by atoms with Crippen molar-refractivity contribution >= 4 is 17.9 Å².